The Morgan fingerprint density at radius 2 is 2.14 bits per heavy atom. The smallest absolute Gasteiger partial charge is 0.352 e. The van der Waals surface area contributed by atoms with Crippen LogP contribution in [0.1, 0.15) is 43.2 Å². The molecule has 6 heteroatoms. The van der Waals surface area contributed by atoms with E-state index in [0.29, 0.717) is 0 Å². The summed E-state index contributed by atoms with van der Waals surface area (Å²) in [5.41, 5.74) is -0.485. The van der Waals surface area contributed by atoms with Crippen molar-refractivity contribution in [3.63, 3.8) is 0 Å². The average molecular weight is 314 g/mol. The molecule has 1 fully saturated rings. The Bertz CT molecular complexity index is 510. The minimum Gasteiger partial charge on any atom is -0.352 e. The quantitative estimate of drug-likeness (QED) is 0.897. The maximum atomic E-state index is 13.0. The monoisotopic (exact) mass is 314 g/mol. The molecule has 2 unspecified atom stereocenters. The van der Waals surface area contributed by atoms with Crippen molar-refractivity contribution in [3.05, 3.63) is 35.4 Å². The highest BCUT2D eigenvalue weighted by Crippen LogP contribution is 2.35. The summed E-state index contributed by atoms with van der Waals surface area (Å²) in [5.74, 6) is -0.674. The van der Waals surface area contributed by atoms with Gasteiger partial charge in [-0.1, -0.05) is 25.1 Å². The molecule has 1 aromatic carbocycles. The van der Waals surface area contributed by atoms with Gasteiger partial charge < -0.3 is 10.6 Å². The van der Waals surface area contributed by atoms with Crippen LogP contribution in [0.2, 0.25) is 0 Å². The Balaban J connectivity index is 1.99. The second-order valence-corrected chi connectivity index (χ2v) is 5.80. The van der Waals surface area contributed by atoms with Crippen molar-refractivity contribution in [3.8, 4) is 0 Å². The lowest BCUT2D eigenvalue weighted by Gasteiger charge is -2.25. The molecule has 2 rings (SSSR count). The summed E-state index contributed by atoms with van der Waals surface area (Å²) in [6.45, 7) is 3.32. The van der Waals surface area contributed by atoms with Gasteiger partial charge in [-0.3, -0.25) is 4.79 Å². The molecule has 0 spiro atoms. The molecule has 22 heavy (non-hydrogen) atoms. The third kappa shape index (κ3) is 4.47. The lowest BCUT2D eigenvalue weighted by atomic mass is 9.92. The molecular formula is C16H21F3N2O. The largest absolute Gasteiger partial charge is 0.416 e. The number of piperidine rings is 1. The molecule has 1 saturated heterocycles. The highest BCUT2D eigenvalue weighted by Gasteiger charge is 2.34. The number of alkyl halides is 3. The second-order valence-electron chi connectivity index (χ2n) is 5.80. The van der Waals surface area contributed by atoms with E-state index in [9.17, 15) is 18.0 Å². The zero-order valence-electron chi connectivity index (χ0n) is 12.5. The fraction of sp³-hybridized carbons (Fsp3) is 0.562. The van der Waals surface area contributed by atoms with Crippen LogP contribution in [0.15, 0.2) is 24.3 Å². The molecule has 0 radical (unpaired) electrons. The van der Waals surface area contributed by atoms with E-state index in [1.54, 1.807) is 13.0 Å². The fourth-order valence-electron chi connectivity index (χ4n) is 2.83. The molecule has 1 aliphatic rings. The van der Waals surface area contributed by atoms with E-state index in [-0.39, 0.29) is 23.9 Å². The molecular weight excluding hydrogens is 293 g/mol. The zero-order chi connectivity index (χ0) is 16.2. The van der Waals surface area contributed by atoms with Crippen LogP contribution in [0.4, 0.5) is 13.2 Å². The number of halogens is 3. The highest BCUT2D eigenvalue weighted by atomic mass is 19.4. The van der Waals surface area contributed by atoms with Crippen LogP contribution in [-0.4, -0.2) is 25.0 Å². The van der Waals surface area contributed by atoms with Gasteiger partial charge in [0, 0.05) is 19.0 Å². The van der Waals surface area contributed by atoms with Crippen LogP contribution in [0.3, 0.4) is 0 Å². The summed E-state index contributed by atoms with van der Waals surface area (Å²) in [4.78, 5) is 12.0. The van der Waals surface area contributed by atoms with Gasteiger partial charge in [-0.15, -0.1) is 0 Å². The third-order valence-corrected chi connectivity index (χ3v) is 3.95. The summed E-state index contributed by atoms with van der Waals surface area (Å²) < 4.78 is 39.0. The molecule has 122 valence electrons. The van der Waals surface area contributed by atoms with Gasteiger partial charge in [0.1, 0.15) is 0 Å². The van der Waals surface area contributed by atoms with E-state index in [4.69, 9.17) is 0 Å². The molecule has 1 aliphatic heterocycles. The van der Waals surface area contributed by atoms with Gasteiger partial charge >= 0.3 is 6.18 Å². The number of carbonyl (C=O) groups is 1. The molecule has 1 amide bonds. The molecule has 2 atom stereocenters. The van der Waals surface area contributed by atoms with E-state index in [1.165, 1.54) is 12.1 Å². The topological polar surface area (TPSA) is 41.1 Å². The van der Waals surface area contributed by atoms with Crippen LogP contribution in [0.5, 0.6) is 0 Å². The number of hydrogen-bond acceptors (Lipinski definition) is 2. The van der Waals surface area contributed by atoms with E-state index >= 15 is 0 Å². The first-order chi connectivity index (χ1) is 10.4. The van der Waals surface area contributed by atoms with Crippen molar-refractivity contribution in [1.29, 1.82) is 0 Å². The zero-order valence-corrected chi connectivity index (χ0v) is 12.5. The van der Waals surface area contributed by atoms with Crippen molar-refractivity contribution in [2.75, 3.05) is 13.1 Å². The summed E-state index contributed by atoms with van der Waals surface area (Å²) >= 11 is 0. The number of benzene rings is 1. The van der Waals surface area contributed by atoms with Gasteiger partial charge in [0.15, 0.2) is 0 Å². The molecule has 0 aromatic heterocycles. The normalized spacial score (nSPS) is 20.5. The Morgan fingerprint density at radius 1 is 1.41 bits per heavy atom. The van der Waals surface area contributed by atoms with Gasteiger partial charge in [0.05, 0.1) is 5.56 Å². The molecule has 0 aliphatic carbocycles. The van der Waals surface area contributed by atoms with Crippen LogP contribution >= 0.6 is 0 Å². The lowest BCUT2D eigenvalue weighted by Crippen LogP contribution is -2.45. The summed E-state index contributed by atoms with van der Waals surface area (Å²) in [7, 11) is 0. The standard InChI is InChI=1S/C16H21F3N2O/c1-11(9-15(22)21-12-5-4-8-20-10-12)13-6-2-3-7-14(13)16(17,18)19/h2-3,6-7,11-12,20H,4-5,8-10H2,1H3,(H,21,22). The third-order valence-electron chi connectivity index (χ3n) is 3.95. The number of carbonyl (C=O) groups excluding carboxylic acids is 1. The molecule has 1 heterocycles. The Hall–Kier alpha value is -1.56. The number of nitrogens with one attached hydrogen (secondary N) is 2. The Kier molecular flexibility index (Phi) is 5.45. The summed E-state index contributed by atoms with van der Waals surface area (Å²) in [6.07, 6.45) is -2.43. The van der Waals surface area contributed by atoms with Gasteiger partial charge in [0.2, 0.25) is 5.91 Å². The number of amides is 1. The first kappa shape index (κ1) is 16.8. The Labute approximate surface area is 128 Å². The van der Waals surface area contributed by atoms with Gasteiger partial charge in [-0.25, -0.2) is 0 Å². The predicted octanol–water partition coefficient (Wildman–Crippen LogP) is 3.07. The average Bonchev–Trinajstić information content (AvgIpc) is 2.47. The van der Waals surface area contributed by atoms with E-state index in [2.05, 4.69) is 10.6 Å². The van der Waals surface area contributed by atoms with Crippen LogP contribution in [0, 0.1) is 0 Å². The molecule has 3 nitrogen and oxygen atoms in total. The first-order valence-electron chi connectivity index (χ1n) is 7.54. The lowest BCUT2D eigenvalue weighted by molar-refractivity contribution is -0.138. The summed E-state index contributed by atoms with van der Waals surface area (Å²) in [5, 5.41) is 6.09. The number of hydrogen-bond donors (Lipinski definition) is 2. The van der Waals surface area contributed by atoms with Crippen molar-refractivity contribution < 1.29 is 18.0 Å². The molecule has 0 saturated carbocycles. The summed E-state index contributed by atoms with van der Waals surface area (Å²) in [6, 6.07) is 5.53. The van der Waals surface area contributed by atoms with Crippen LogP contribution < -0.4 is 10.6 Å². The van der Waals surface area contributed by atoms with Gasteiger partial charge in [0.25, 0.3) is 0 Å². The Morgan fingerprint density at radius 3 is 2.77 bits per heavy atom. The first-order valence-corrected chi connectivity index (χ1v) is 7.54. The van der Waals surface area contributed by atoms with Crippen molar-refractivity contribution in [1.82, 2.24) is 10.6 Å². The maximum absolute atomic E-state index is 13.0. The van der Waals surface area contributed by atoms with E-state index in [0.717, 1.165) is 32.0 Å². The highest BCUT2D eigenvalue weighted by molar-refractivity contribution is 5.77. The van der Waals surface area contributed by atoms with Crippen LogP contribution in [0.25, 0.3) is 0 Å². The minimum atomic E-state index is -4.39. The van der Waals surface area contributed by atoms with Crippen molar-refractivity contribution >= 4 is 5.91 Å². The van der Waals surface area contributed by atoms with Gasteiger partial charge in [-0.05, 0) is 36.9 Å². The van der Waals surface area contributed by atoms with Crippen molar-refractivity contribution in [2.45, 2.75) is 44.3 Å². The minimum absolute atomic E-state index is 0.0591. The molecule has 0 bridgehead atoms. The van der Waals surface area contributed by atoms with Crippen LogP contribution in [-0.2, 0) is 11.0 Å². The fourth-order valence-corrected chi connectivity index (χ4v) is 2.83. The van der Waals surface area contributed by atoms with E-state index < -0.39 is 17.7 Å². The maximum Gasteiger partial charge on any atom is 0.416 e. The number of rotatable bonds is 4. The van der Waals surface area contributed by atoms with Crippen molar-refractivity contribution in [2.24, 2.45) is 0 Å². The van der Waals surface area contributed by atoms with E-state index in [1.807, 2.05) is 0 Å². The molecule has 1 aromatic rings. The SMILES string of the molecule is CC(CC(=O)NC1CCCNC1)c1ccccc1C(F)(F)F. The predicted molar refractivity (Wildman–Crippen MR) is 78.5 cm³/mol. The van der Waals surface area contributed by atoms with Gasteiger partial charge in [-0.2, -0.15) is 13.2 Å². The molecule has 2 N–H and O–H groups in total. The second kappa shape index (κ2) is 7.13.